The highest BCUT2D eigenvalue weighted by molar-refractivity contribution is 6.18. The average molecular weight is 304 g/mol. The van der Waals surface area contributed by atoms with E-state index in [-0.39, 0.29) is 5.92 Å². The lowest BCUT2D eigenvalue weighted by Gasteiger charge is -2.54. The number of carbonyl (C=O) groups is 1. The molecule has 4 saturated carbocycles. The molecule has 4 aliphatic carbocycles. The number of rotatable bonds is 5. The molecule has 0 saturated heterocycles. The molecule has 0 N–H and O–H groups in total. The fourth-order valence-electron chi connectivity index (χ4n) is 5.08. The van der Waals surface area contributed by atoms with Gasteiger partial charge in [-0.2, -0.15) is 0 Å². The first kappa shape index (κ1) is 14.0. The van der Waals surface area contributed by atoms with E-state index in [1.807, 2.05) is 4.90 Å². The molecule has 19 heavy (non-hydrogen) atoms. The van der Waals surface area contributed by atoms with Crippen LogP contribution in [0.3, 0.4) is 0 Å². The van der Waals surface area contributed by atoms with Gasteiger partial charge in [0.1, 0.15) is 0 Å². The fraction of sp³-hybridized carbons (Fsp3) is 0.933. The zero-order valence-corrected chi connectivity index (χ0v) is 12.9. The molecule has 0 atom stereocenters. The molecule has 4 heteroatoms. The van der Waals surface area contributed by atoms with Gasteiger partial charge in [-0.25, -0.2) is 0 Å². The highest BCUT2D eigenvalue weighted by Crippen LogP contribution is 2.56. The van der Waals surface area contributed by atoms with Crippen LogP contribution in [0.4, 0.5) is 0 Å². The van der Waals surface area contributed by atoms with Crippen LogP contribution in [0.1, 0.15) is 32.1 Å². The van der Waals surface area contributed by atoms with Crippen LogP contribution in [0.2, 0.25) is 0 Å². The normalized spacial score (nSPS) is 39.6. The Hall–Kier alpha value is 0.0500. The summed E-state index contributed by atoms with van der Waals surface area (Å²) in [6.07, 6.45) is 6.59. The molecule has 0 unspecified atom stereocenters. The predicted octanol–water partition coefficient (Wildman–Crippen LogP) is 3.36. The minimum absolute atomic E-state index is 0.277. The molecule has 0 aromatic rings. The number of alkyl halides is 2. The molecule has 4 rings (SSSR count). The zero-order chi connectivity index (χ0) is 13.4. The van der Waals surface area contributed by atoms with Gasteiger partial charge in [-0.1, -0.05) is 0 Å². The van der Waals surface area contributed by atoms with Crippen molar-refractivity contribution in [2.75, 3.05) is 24.8 Å². The van der Waals surface area contributed by atoms with E-state index >= 15 is 0 Å². The SMILES string of the molecule is O=C(C1C2CC3CC(C2)CC1C3)N(CCCl)CCCl. The second-order valence-corrected chi connectivity index (χ2v) is 7.42. The largest absolute Gasteiger partial charge is 0.340 e. The Morgan fingerprint density at radius 2 is 1.37 bits per heavy atom. The summed E-state index contributed by atoms with van der Waals surface area (Å²) in [6, 6.07) is 0. The van der Waals surface area contributed by atoms with E-state index in [4.69, 9.17) is 23.2 Å². The van der Waals surface area contributed by atoms with Crippen LogP contribution in [0.5, 0.6) is 0 Å². The van der Waals surface area contributed by atoms with Crippen molar-refractivity contribution in [1.82, 2.24) is 4.90 Å². The van der Waals surface area contributed by atoms with Gasteiger partial charge in [0, 0.05) is 30.8 Å². The fourth-order valence-corrected chi connectivity index (χ4v) is 5.48. The van der Waals surface area contributed by atoms with Gasteiger partial charge < -0.3 is 4.90 Å². The standard InChI is InChI=1S/C15H23Cl2NO/c16-1-3-18(4-2-17)15(19)14-12-6-10-5-11(8-12)9-13(14)7-10/h10-14H,1-9H2. The minimum Gasteiger partial charge on any atom is -0.340 e. The Balaban J connectivity index is 1.72. The molecule has 0 aliphatic heterocycles. The molecular formula is C15H23Cl2NO. The van der Waals surface area contributed by atoms with Crippen LogP contribution in [0.25, 0.3) is 0 Å². The van der Waals surface area contributed by atoms with E-state index in [1.54, 1.807) is 0 Å². The Morgan fingerprint density at radius 1 is 0.895 bits per heavy atom. The van der Waals surface area contributed by atoms with Crippen LogP contribution in [-0.2, 0) is 4.79 Å². The van der Waals surface area contributed by atoms with Gasteiger partial charge in [0.15, 0.2) is 0 Å². The van der Waals surface area contributed by atoms with Crippen molar-refractivity contribution in [2.45, 2.75) is 32.1 Å². The van der Waals surface area contributed by atoms with Crippen LogP contribution in [-0.4, -0.2) is 35.7 Å². The Labute approximate surface area is 125 Å². The van der Waals surface area contributed by atoms with Crippen molar-refractivity contribution in [2.24, 2.45) is 29.6 Å². The predicted molar refractivity (Wildman–Crippen MR) is 78.6 cm³/mol. The average Bonchev–Trinajstić information content (AvgIpc) is 2.37. The van der Waals surface area contributed by atoms with Crippen molar-refractivity contribution in [1.29, 1.82) is 0 Å². The Kier molecular flexibility index (Phi) is 4.28. The van der Waals surface area contributed by atoms with Gasteiger partial charge in [0.2, 0.25) is 5.91 Å². The van der Waals surface area contributed by atoms with Gasteiger partial charge in [-0.3, -0.25) is 4.79 Å². The first-order valence-corrected chi connectivity index (χ1v) is 8.70. The number of hydrogen-bond donors (Lipinski definition) is 0. The third-order valence-corrected chi connectivity index (χ3v) is 5.87. The maximum Gasteiger partial charge on any atom is 0.226 e. The Bertz CT molecular complexity index is 313. The van der Waals surface area contributed by atoms with Gasteiger partial charge >= 0.3 is 0 Å². The summed E-state index contributed by atoms with van der Waals surface area (Å²) in [6.45, 7) is 1.30. The number of nitrogens with zero attached hydrogens (tertiary/aromatic N) is 1. The van der Waals surface area contributed by atoms with Gasteiger partial charge in [-0.15, -0.1) is 23.2 Å². The molecule has 108 valence electrons. The molecule has 1 amide bonds. The van der Waals surface area contributed by atoms with Gasteiger partial charge in [0.05, 0.1) is 0 Å². The van der Waals surface area contributed by atoms with E-state index in [1.165, 1.54) is 32.1 Å². The maximum atomic E-state index is 12.8. The molecule has 4 bridgehead atoms. The summed E-state index contributed by atoms with van der Waals surface area (Å²) in [5.41, 5.74) is 0. The first-order chi connectivity index (χ1) is 9.22. The zero-order valence-electron chi connectivity index (χ0n) is 11.4. The van der Waals surface area contributed by atoms with E-state index < -0.39 is 0 Å². The summed E-state index contributed by atoms with van der Waals surface area (Å²) >= 11 is 11.7. The second kappa shape index (κ2) is 5.81. The molecule has 0 heterocycles. The third kappa shape index (κ3) is 2.63. The van der Waals surface area contributed by atoms with Gasteiger partial charge in [0.25, 0.3) is 0 Å². The molecule has 4 fully saturated rings. The molecule has 0 radical (unpaired) electrons. The monoisotopic (exact) mass is 303 g/mol. The van der Waals surface area contributed by atoms with Crippen molar-refractivity contribution < 1.29 is 4.79 Å². The number of halogens is 2. The van der Waals surface area contributed by atoms with Crippen LogP contribution in [0, 0.1) is 29.6 Å². The highest BCUT2D eigenvalue weighted by Gasteiger charge is 2.51. The lowest BCUT2D eigenvalue weighted by molar-refractivity contribution is -0.148. The topological polar surface area (TPSA) is 20.3 Å². The first-order valence-electron chi connectivity index (χ1n) is 7.63. The molecule has 0 aromatic heterocycles. The lowest BCUT2D eigenvalue weighted by Crippen LogP contribution is -2.52. The summed E-state index contributed by atoms with van der Waals surface area (Å²) in [5.74, 6) is 4.77. The number of carbonyl (C=O) groups excluding carboxylic acids is 1. The van der Waals surface area contributed by atoms with Crippen molar-refractivity contribution in [3.05, 3.63) is 0 Å². The number of amides is 1. The smallest absolute Gasteiger partial charge is 0.226 e. The van der Waals surface area contributed by atoms with E-state index in [2.05, 4.69) is 0 Å². The summed E-state index contributed by atoms with van der Waals surface area (Å²) < 4.78 is 0. The summed E-state index contributed by atoms with van der Waals surface area (Å²) in [5, 5.41) is 0. The molecule has 0 spiro atoms. The van der Waals surface area contributed by atoms with E-state index in [9.17, 15) is 4.79 Å². The van der Waals surface area contributed by atoms with E-state index in [0.717, 1.165) is 11.8 Å². The lowest BCUT2D eigenvalue weighted by atomic mass is 9.51. The second-order valence-electron chi connectivity index (χ2n) is 6.66. The van der Waals surface area contributed by atoms with Crippen molar-refractivity contribution in [3.63, 3.8) is 0 Å². The highest BCUT2D eigenvalue weighted by atomic mass is 35.5. The van der Waals surface area contributed by atoms with Gasteiger partial charge in [-0.05, 0) is 55.8 Å². The van der Waals surface area contributed by atoms with Crippen LogP contribution in [0.15, 0.2) is 0 Å². The summed E-state index contributed by atoms with van der Waals surface area (Å²) in [7, 11) is 0. The van der Waals surface area contributed by atoms with Crippen LogP contribution < -0.4 is 0 Å². The summed E-state index contributed by atoms with van der Waals surface area (Å²) in [4.78, 5) is 14.7. The van der Waals surface area contributed by atoms with Crippen LogP contribution >= 0.6 is 23.2 Å². The quantitative estimate of drug-likeness (QED) is 0.713. The number of hydrogen-bond acceptors (Lipinski definition) is 1. The molecule has 4 aliphatic rings. The molecule has 2 nitrogen and oxygen atoms in total. The molecular weight excluding hydrogens is 281 g/mol. The maximum absolute atomic E-state index is 12.8. The Morgan fingerprint density at radius 3 is 1.79 bits per heavy atom. The van der Waals surface area contributed by atoms with Crippen molar-refractivity contribution in [3.8, 4) is 0 Å². The minimum atomic E-state index is 0.277. The van der Waals surface area contributed by atoms with E-state index in [0.29, 0.717) is 42.6 Å². The third-order valence-electron chi connectivity index (χ3n) is 5.53. The van der Waals surface area contributed by atoms with Crippen molar-refractivity contribution >= 4 is 29.1 Å². The molecule has 0 aromatic carbocycles.